The van der Waals surface area contributed by atoms with Gasteiger partial charge in [0, 0.05) is 36.3 Å². The van der Waals surface area contributed by atoms with E-state index in [2.05, 4.69) is 12.2 Å². The molecule has 0 aromatic heterocycles. The Morgan fingerprint density at radius 2 is 1.76 bits per heavy atom. The minimum Gasteiger partial charge on any atom is -0.372 e. The Kier molecular flexibility index (Phi) is 2.24. The molecule has 0 spiro atoms. The van der Waals surface area contributed by atoms with Gasteiger partial charge in [-0.2, -0.15) is 0 Å². The van der Waals surface area contributed by atoms with Crippen LogP contribution in [0.15, 0.2) is 12.2 Å². The van der Waals surface area contributed by atoms with E-state index < -0.39 is 20.7 Å². The topological polar surface area (TPSA) is 78.9 Å². The van der Waals surface area contributed by atoms with Crippen LogP contribution in [0, 0.1) is 29.6 Å². The number of hydrogen-bond donors (Lipinski definition) is 0. The number of fused-ring (bicyclic) bond motifs is 19. The van der Waals surface area contributed by atoms with Crippen LogP contribution in [0.3, 0.4) is 0 Å². The van der Waals surface area contributed by atoms with E-state index >= 15 is 0 Å². The smallest absolute Gasteiger partial charge is 0.158 e. The van der Waals surface area contributed by atoms with E-state index in [1.807, 2.05) is 0 Å². The summed E-state index contributed by atoms with van der Waals surface area (Å²) in [6.07, 6.45) is 5.59. The summed E-state index contributed by atoms with van der Waals surface area (Å²) in [6.45, 7) is 0. The van der Waals surface area contributed by atoms with Gasteiger partial charge in [-0.3, -0.25) is 4.79 Å². The minimum atomic E-state index is -3.42. The molecule has 6 aliphatic heterocycles. The number of carbonyl (C=O) groups excluding carboxylic acids is 1. The second-order valence-corrected chi connectivity index (χ2v) is 11.2. The van der Waals surface area contributed by atoms with E-state index in [-0.39, 0.29) is 65.9 Å². The molecular weight excluding hydrogens is 344 g/mol. The third kappa shape index (κ3) is 1.23. The van der Waals surface area contributed by atoms with E-state index in [0.29, 0.717) is 6.42 Å². The number of ketones is 1. The zero-order chi connectivity index (χ0) is 16.9. The largest absolute Gasteiger partial charge is 0.372 e. The van der Waals surface area contributed by atoms with Crippen LogP contribution in [0.1, 0.15) is 12.8 Å². The molecule has 1 aliphatic carbocycles. The molecule has 12 atom stereocenters. The summed E-state index contributed by atoms with van der Waals surface area (Å²) in [5, 5.41) is 0. The van der Waals surface area contributed by atoms with Crippen molar-refractivity contribution in [2.24, 2.45) is 29.6 Å². The van der Waals surface area contributed by atoms with Crippen molar-refractivity contribution in [1.82, 2.24) is 0 Å². The molecule has 7 aliphatic rings. The average Bonchev–Trinajstić information content (AvgIpc) is 3.35. The lowest BCUT2D eigenvalue weighted by atomic mass is 9.57. The summed E-state index contributed by atoms with van der Waals surface area (Å²) in [7, 11) is -3.42. The number of sulfone groups is 1. The van der Waals surface area contributed by atoms with Gasteiger partial charge >= 0.3 is 0 Å². The summed E-state index contributed by atoms with van der Waals surface area (Å²) < 4.78 is 44.1. The van der Waals surface area contributed by atoms with Gasteiger partial charge in [0.15, 0.2) is 9.84 Å². The molecule has 0 aromatic carbocycles. The lowest BCUT2D eigenvalue weighted by Gasteiger charge is -2.48. The maximum Gasteiger partial charge on any atom is 0.158 e. The van der Waals surface area contributed by atoms with Crippen molar-refractivity contribution in [2.75, 3.05) is 6.26 Å². The fourth-order valence-electron chi connectivity index (χ4n) is 7.90. The van der Waals surface area contributed by atoms with E-state index in [4.69, 9.17) is 14.2 Å². The molecule has 1 saturated carbocycles. The van der Waals surface area contributed by atoms with Gasteiger partial charge in [-0.05, 0) is 12.3 Å². The Morgan fingerprint density at radius 3 is 2.52 bits per heavy atom. The van der Waals surface area contributed by atoms with Crippen LogP contribution < -0.4 is 0 Å². The van der Waals surface area contributed by atoms with Gasteiger partial charge in [-0.1, -0.05) is 12.2 Å². The predicted molar refractivity (Wildman–Crippen MR) is 84.4 cm³/mol. The summed E-state index contributed by atoms with van der Waals surface area (Å²) in [5.41, 5.74) is 0. The molecule has 0 aromatic rings. The molecule has 134 valence electrons. The first-order valence-electron chi connectivity index (χ1n) is 9.31. The van der Waals surface area contributed by atoms with Crippen molar-refractivity contribution >= 4 is 15.6 Å². The highest BCUT2D eigenvalue weighted by Gasteiger charge is 2.86. The van der Waals surface area contributed by atoms with Gasteiger partial charge in [0.2, 0.25) is 0 Å². The zero-order valence-electron chi connectivity index (χ0n) is 13.8. The van der Waals surface area contributed by atoms with Gasteiger partial charge < -0.3 is 14.2 Å². The Hall–Kier alpha value is -0.760. The molecule has 0 radical (unpaired) electrons. The number of carbonyl (C=O) groups is 1. The highest BCUT2D eigenvalue weighted by atomic mass is 32.2. The zero-order valence-corrected chi connectivity index (χ0v) is 14.6. The van der Waals surface area contributed by atoms with Crippen molar-refractivity contribution in [1.29, 1.82) is 0 Å². The molecule has 6 bridgehead atoms. The molecule has 25 heavy (non-hydrogen) atoms. The lowest BCUT2D eigenvalue weighted by Crippen LogP contribution is -2.67. The number of ether oxygens (including phenoxy) is 3. The highest BCUT2D eigenvalue weighted by molar-refractivity contribution is 7.92. The maximum absolute atomic E-state index is 13.2. The van der Waals surface area contributed by atoms with Gasteiger partial charge in [-0.25, -0.2) is 8.42 Å². The monoisotopic (exact) mass is 364 g/mol. The van der Waals surface area contributed by atoms with Gasteiger partial charge in [-0.15, -0.1) is 0 Å². The molecule has 0 N–H and O–H groups in total. The Bertz CT molecular complexity index is 850. The summed E-state index contributed by atoms with van der Waals surface area (Å²) in [4.78, 5) is 12.4. The van der Waals surface area contributed by atoms with Crippen LogP contribution in [-0.4, -0.2) is 61.8 Å². The van der Waals surface area contributed by atoms with Gasteiger partial charge in [0.05, 0.1) is 36.6 Å². The Labute approximate surface area is 145 Å². The fraction of sp³-hybridized carbons (Fsp3) is 0.833. The van der Waals surface area contributed by atoms with Crippen molar-refractivity contribution < 1.29 is 27.4 Å². The maximum atomic E-state index is 13.2. The summed E-state index contributed by atoms with van der Waals surface area (Å²) in [5.74, 6) is 0.255. The van der Waals surface area contributed by atoms with Crippen LogP contribution in [0.4, 0.5) is 0 Å². The van der Waals surface area contributed by atoms with Crippen molar-refractivity contribution in [2.45, 2.75) is 54.2 Å². The van der Waals surface area contributed by atoms with Crippen LogP contribution in [-0.2, 0) is 28.8 Å². The second kappa shape index (κ2) is 3.91. The molecule has 7 rings (SSSR count). The highest BCUT2D eigenvalue weighted by Crippen LogP contribution is 2.71. The van der Waals surface area contributed by atoms with E-state index in [9.17, 15) is 13.2 Å². The summed E-state index contributed by atoms with van der Waals surface area (Å²) >= 11 is 0. The number of rotatable bonds is 1. The first kappa shape index (κ1) is 14.3. The van der Waals surface area contributed by atoms with Crippen LogP contribution >= 0.6 is 0 Å². The standard InChI is InChI=1S/C18H20O6S/c1-25(20,21)18-13(14-10-6(16(18)23-14)2-3-7(10)19)15-11-8-4-5-9(22-8)12(11)17(18)24-15/h4-6,8-17H,2-3H2,1H3/t6-,8-,9+,10-,11?,12?,13-,14+,15+,16-,17-,18-/m1/s1. The Balaban J connectivity index is 1.45. The van der Waals surface area contributed by atoms with Gasteiger partial charge in [0.1, 0.15) is 10.5 Å². The fourth-order valence-corrected chi connectivity index (χ4v) is 9.95. The quantitative estimate of drug-likeness (QED) is 0.615. The molecular formula is C18H20O6S. The van der Waals surface area contributed by atoms with Crippen LogP contribution in [0.25, 0.3) is 0 Å². The van der Waals surface area contributed by atoms with Crippen molar-refractivity contribution in [3.63, 3.8) is 0 Å². The van der Waals surface area contributed by atoms with E-state index in [0.717, 1.165) is 6.42 Å². The third-order valence-electron chi connectivity index (χ3n) is 8.40. The number of hydrogen-bond acceptors (Lipinski definition) is 6. The second-order valence-electron chi connectivity index (χ2n) is 8.99. The lowest BCUT2D eigenvalue weighted by molar-refractivity contribution is -0.123. The minimum absolute atomic E-state index is 0.0248. The molecule has 6 fully saturated rings. The van der Waals surface area contributed by atoms with E-state index in [1.54, 1.807) is 0 Å². The summed E-state index contributed by atoms with van der Waals surface area (Å²) in [6, 6.07) is 0. The average molecular weight is 364 g/mol. The molecule has 6 heterocycles. The first-order chi connectivity index (χ1) is 11.9. The molecule has 7 heteroatoms. The SMILES string of the molecule is CS(=O)(=O)[C@]12[C@H]([C@H]3O[C@@H]1[C@@H]1CCC(=O)[C@@H]13)[C@H]1O[C@@H]2C2C1[C@H]1C=C[C@@H]2O1. The van der Waals surface area contributed by atoms with Crippen LogP contribution in [0.5, 0.6) is 0 Å². The molecule has 6 nitrogen and oxygen atoms in total. The Morgan fingerprint density at radius 1 is 1.04 bits per heavy atom. The van der Waals surface area contributed by atoms with Crippen molar-refractivity contribution in [3.05, 3.63) is 12.2 Å². The molecule has 0 amide bonds. The molecule has 2 unspecified atom stereocenters. The third-order valence-corrected chi connectivity index (χ3v) is 10.4. The van der Waals surface area contributed by atoms with Gasteiger partial charge in [0.25, 0.3) is 0 Å². The normalized spacial score (nSPS) is 65.0. The first-order valence-corrected chi connectivity index (χ1v) is 11.2. The van der Waals surface area contributed by atoms with Crippen molar-refractivity contribution in [3.8, 4) is 0 Å². The number of Topliss-reactive ketones (excluding diaryl/α,β-unsaturated/α-hetero) is 1. The van der Waals surface area contributed by atoms with E-state index in [1.165, 1.54) is 6.26 Å². The predicted octanol–water partition coefficient (Wildman–Crippen LogP) is 0.113. The van der Waals surface area contributed by atoms with Crippen LogP contribution in [0.2, 0.25) is 0 Å². The molecule has 5 saturated heterocycles.